The van der Waals surface area contributed by atoms with Gasteiger partial charge in [-0.3, -0.25) is 14.4 Å². The minimum atomic E-state index is -0.391. The highest BCUT2D eigenvalue weighted by Crippen LogP contribution is 2.18. The number of pyridine rings is 1. The summed E-state index contributed by atoms with van der Waals surface area (Å²) in [6.45, 7) is 1.86. The molecule has 0 saturated carbocycles. The summed E-state index contributed by atoms with van der Waals surface area (Å²) in [5.74, 6) is -0.298. The average Bonchev–Trinajstić information content (AvgIpc) is 2.54. The summed E-state index contributed by atoms with van der Waals surface area (Å²) in [7, 11) is 0. The van der Waals surface area contributed by atoms with Gasteiger partial charge in [0.25, 0.3) is 11.5 Å². The Morgan fingerprint density at radius 2 is 1.91 bits per heavy atom. The molecule has 1 aliphatic rings. The van der Waals surface area contributed by atoms with Gasteiger partial charge in [-0.15, -0.1) is 0 Å². The highest BCUT2D eigenvalue weighted by atomic mass is 79.9. The van der Waals surface area contributed by atoms with E-state index in [1.165, 1.54) is 0 Å². The first-order valence-corrected chi connectivity index (χ1v) is 7.69. The van der Waals surface area contributed by atoms with Crippen LogP contribution in [0.5, 0.6) is 0 Å². The number of hydrogen-bond donors (Lipinski definition) is 1. The molecule has 1 aromatic carbocycles. The fraction of sp³-hybridized carbons (Fsp3) is 0.267. The molecule has 1 saturated heterocycles. The molecule has 2 heterocycles. The Kier molecular flexibility index (Phi) is 3.98. The van der Waals surface area contributed by atoms with Crippen molar-refractivity contribution in [2.45, 2.75) is 0 Å². The minimum absolute atomic E-state index is 0.130. The van der Waals surface area contributed by atoms with Gasteiger partial charge < -0.3 is 14.8 Å². The summed E-state index contributed by atoms with van der Waals surface area (Å²) in [5.41, 5.74) is 0.429. The number of benzene rings is 1. The molecule has 1 aromatic heterocycles. The van der Waals surface area contributed by atoms with Crippen LogP contribution in [0.25, 0.3) is 10.9 Å². The summed E-state index contributed by atoms with van der Waals surface area (Å²) >= 11 is 3.38. The van der Waals surface area contributed by atoms with Crippen LogP contribution < -0.4 is 5.56 Å². The number of carbonyl (C=O) groups is 2. The van der Waals surface area contributed by atoms with Crippen molar-refractivity contribution >= 4 is 39.2 Å². The standard InChI is InChI=1S/C15H14BrN3O3/c16-11-1-2-13-10(7-11)8-12(14(21)17-13)15(22)19-5-3-18(9-20)4-6-19/h1-2,7-9H,3-6H2,(H,17,21). The fourth-order valence-corrected chi connectivity index (χ4v) is 2.92. The fourth-order valence-electron chi connectivity index (χ4n) is 2.54. The summed E-state index contributed by atoms with van der Waals surface area (Å²) in [6, 6.07) is 7.09. The SMILES string of the molecule is O=CN1CCN(C(=O)c2cc3cc(Br)ccc3[nH]c2=O)CC1. The first-order chi connectivity index (χ1) is 10.6. The number of aromatic amines is 1. The van der Waals surface area contributed by atoms with Gasteiger partial charge in [-0.2, -0.15) is 0 Å². The first kappa shape index (κ1) is 14.8. The maximum Gasteiger partial charge on any atom is 0.261 e. The summed E-state index contributed by atoms with van der Waals surface area (Å²) in [5, 5.41) is 0.795. The van der Waals surface area contributed by atoms with E-state index in [1.54, 1.807) is 21.9 Å². The molecule has 22 heavy (non-hydrogen) atoms. The zero-order valence-corrected chi connectivity index (χ0v) is 13.3. The van der Waals surface area contributed by atoms with Crippen LogP contribution in [0, 0.1) is 0 Å². The van der Waals surface area contributed by atoms with Crippen LogP contribution in [0.3, 0.4) is 0 Å². The van der Waals surface area contributed by atoms with Gasteiger partial charge >= 0.3 is 0 Å². The predicted molar refractivity (Wildman–Crippen MR) is 85.8 cm³/mol. The van der Waals surface area contributed by atoms with E-state index in [9.17, 15) is 14.4 Å². The topological polar surface area (TPSA) is 73.5 Å². The number of amides is 2. The first-order valence-electron chi connectivity index (χ1n) is 6.90. The third-order valence-electron chi connectivity index (χ3n) is 3.79. The van der Waals surface area contributed by atoms with Gasteiger partial charge in [0.1, 0.15) is 5.56 Å². The third kappa shape index (κ3) is 2.76. The molecule has 0 aliphatic carbocycles. The molecular weight excluding hydrogens is 350 g/mol. The number of hydrogen-bond acceptors (Lipinski definition) is 3. The number of rotatable bonds is 2. The second-order valence-corrected chi connectivity index (χ2v) is 6.09. The molecule has 6 nitrogen and oxygen atoms in total. The molecule has 0 atom stereocenters. The van der Waals surface area contributed by atoms with Gasteiger partial charge in [-0.25, -0.2) is 0 Å². The zero-order chi connectivity index (χ0) is 15.7. The number of H-pyrrole nitrogens is 1. The Balaban J connectivity index is 1.92. The van der Waals surface area contributed by atoms with Gasteiger partial charge in [0, 0.05) is 41.6 Å². The lowest BCUT2D eigenvalue weighted by Crippen LogP contribution is -2.49. The largest absolute Gasteiger partial charge is 0.342 e. The Labute approximate surface area is 134 Å². The number of aromatic nitrogens is 1. The normalized spacial score (nSPS) is 15.1. The molecule has 3 rings (SSSR count). The van der Waals surface area contributed by atoms with Crippen molar-refractivity contribution in [1.29, 1.82) is 0 Å². The number of nitrogens with one attached hydrogen (secondary N) is 1. The Bertz CT molecular complexity index is 794. The van der Waals surface area contributed by atoms with Crippen molar-refractivity contribution in [1.82, 2.24) is 14.8 Å². The monoisotopic (exact) mass is 363 g/mol. The van der Waals surface area contributed by atoms with Crippen molar-refractivity contribution in [3.8, 4) is 0 Å². The summed E-state index contributed by atoms with van der Waals surface area (Å²) < 4.78 is 0.880. The second-order valence-electron chi connectivity index (χ2n) is 5.18. The molecule has 1 fully saturated rings. The van der Waals surface area contributed by atoms with Crippen LogP contribution in [0.1, 0.15) is 10.4 Å². The van der Waals surface area contributed by atoms with E-state index < -0.39 is 5.56 Å². The predicted octanol–water partition coefficient (Wildman–Crippen LogP) is 1.20. The molecule has 1 aliphatic heterocycles. The molecule has 2 amide bonds. The van der Waals surface area contributed by atoms with E-state index in [-0.39, 0.29) is 11.5 Å². The maximum atomic E-state index is 12.5. The molecule has 0 bridgehead atoms. The van der Waals surface area contributed by atoms with Gasteiger partial charge in [0.15, 0.2) is 0 Å². The highest BCUT2D eigenvalue weighted by Gasteiger charge is 2.23. The van der Waals surface area contributed by atoms with Gasteiger partial charge in [0.2, 0.25) is 6.41 Å². The Morgan fingerprint density at radius 1 is 1.18 bits per heavy atom. The van der Waals surface area contributed by atoms with Gasteiger partial charge in [0.05, 0.1) is 0 Å². The van der Waals surface area contributed by atoms with Crippen molar-refractivity contribution < 1.29 is 9.59 Å². The van der Waals surface area contributed by atoms with E-state index in [2.05, 4.69) is 20.9 Å². The lowest BCUT2D eigenvalue weighted by atomic mass is 10.1. The lowest BCUT2D eigenvalue weighted by molar-refractivity contribution is -0.119. The number of piperazine rings is 1. The van der Waals surface area contributed by atoms with E-state index in [0.717, 1.165) is 16.3 Å². The molecule has 2 aromatic rings. The van der Waals surface area contributed by atoms with Crippen LogP contribution >= 0.6 is 15.9 Å². The van der Waals surface area contributed by atoms with Crippen LogP contribution in [-0.4, -0.2) is 53.3 Å². The quantitative estimate of drug-likeness (QED) is 0.814. The molecule has 0 spiro atoms. The van der Waals surface area contributed by atoms with Crippen LogP contribution in [0.4, 0.5) is 0 Å². The number of fused-ring (bicyclic) bond motifs is 1. The second kappa shape index (κ2) is 5.92. The lowest BCUT2D eigenvalue weighted by Gasteiger charge is -2.32. The van der Waals surface area contributed by atoms with Crippen molar-refractivity contribution in [3.05, 3.63) is 44.7 Å². The highest BCUT2D eigenvalue weighted by molar-refractivity contribution is 9.10. The molecular formula is C15H14BrN3O3. The van der Waals surface area contributed by atoms with Crippen LogP contribution in [0.15, 0.2) is 33.5 Å². The molecule has 7 heteroatoms. The Hall–Kier alpha value is -2.15. The van der Waals surface area contributed by atoms with E-state index in [0.29, 0.717) is 31.7 Å². The summed E-state index contributed by atoms with van der Waals surface area (Å²) in [6.07, 6.45) is 0.780. The van der Waals surface area contributed by atoms with E-state index in [1.807, 2.05) is 12.1 Å². The molecule has 114 valence electrons. The van der Waals surface area contributed by atoms with Gasteiger partial charge in [-0.05, 0) is 24.3 Å². The van der Waals surface area contributed by atoms with Crippen molar-refractivity contribution in [2.75, 3.05) is 26.2 Å². The zero-order valence-electron chi connectivity index (χ0n) is 11.7. The summed E-state index contributed by atoms with van der Waals surface area (Å²) in [4.78, 5) is 41.3. The maximum absolute atomic E-state index is 12.5. The molecule has 0 unspecified atom stereocenters. The van der Waals surface area contributed by atoms with Crippen LogP contribution in [0.2, 0.25) is 0 Å². The van der Waals surface area contributed by atoms with Crippen molar-refractivity contribution in [3.63, 3.8) is 0 Å². The smallest absolute Gasteiger partial charge is 0.261 e. The Morgan fingerprint density at radius 3 is 2.59 bits per heavy atom. The minimum Gasteiger partial charge on any atom is -0.342 e. The number of nitrogens with zero attached hydrogens (tertiary/aromatic N) is 2. The average molecular weight is 364 g/mol. The number of carbonyl (C=O) groups excluding carboxylic acids is 2. The third-order valence-corrected chi connectivity index (χ3v) is 4.28. The van der Waals surface area contributed by atoms with E-state index >= 15 is 0 Å². The molecule has 0 radical (unpaired) electrons. The van der Waals surface area contributed by atoms with E-state index in [4.69, 9.17) is 0 Å². The molecule has 1 N–H and O–H groups in total. The van der Waals surface area contributed by atoms with Gasteiger partial charge in [-0.1, -0.05) is 15.9 Å². The number of halogens is 1. The van der Waals surface area contributed by atoms with Crippen molar-refractivity contribution in [2.24, 2.45) is 0 Å². The van der Waals surface area contributed by atoms with Crippen LogP contribution in [-0.2, 0) is 4.79 Å².